The second-order valence-corrected chi connectivity index (χ2v) is 3.56. The Hall–Kier alpha value is -0.160. The molecule has 0 spiro atoms. The Morgan fingerprint density at radius 2 is 2.33 bits per heavy atom. The van der Waals surface area contributed by atoms with Gasteiger partial charge in [-0.05, 0) is 6.42 Å². The minimum Gasteiger partial charge on any atom is -0.390 e. The van der Waals surface area contributed by atoms with E-state index >= 15 is 0 Å². The number of ether oxygens (including phenoxy) is 1. The number of β-amino-alcohol motifs (C(OH)–C–C–N with tert-alkyl or cyclic N) is 1. The third-order valence-corrected chi connectivity index (χ3v) is 2.56. The van der Waals surface area contributed by atoms with Crippen LogP contribution in [0.15, 0.2) is 0 Å². The molecule has 0 aromatic carbocycles. The Labute approximate surface area is 72.3 Å². The smallest absolute Gasteiger partial charge is 0.0829 e. The fourth-order valence-electron chi connectivity index (χ4n) is 1.80. The standard InChI is InChI=1S/C8H16N2O2/c11-8-4-9-3-7(8)10-6-1-2-12-5-6/h6-11H,1-5H2/t6?,7-,8-/m1/s1. The van der Waals surface area contributed by atoms with E-state index in [-0.39, 0.29) is 12.1 Å². The van der Waals surface area contributed by atoms with Crippen LogP contribution in [0.1, 0.15) is 6.42 Å². The summed E-state index contributed by atoms with van der Waals surface area (Å²) in [6, 6.07) is 0.668. The van der Waals surface area contributed by atoms with Gasteiger partial charge in [0, 0.05) is 31.8 Å². The highest BCUT2D eigenvalue weighted by Crippen LogP contribution is 2.07. The maximum absolute atomic E-state index is 9.48. The summed E-state index contributed by atoms with van der Waals surface area (Å²) in [5.74, 6) is 0. The molecule has 4 nitrogen and oxygen atoms in total. The van der Waals surface area contributed by atoms with Crippen LogP contribution in [0, 0.1) is 0 Å². The van der Waals surface area contributed by atoms with Crippen molar-refractivity contribution < 1.29 is 9.84 Å². The molecule has 0 saturated carbocycles. The van der Waals surface area contributed by atoms with Gasteiger partial charge in [0.2, 0.25) is 0 Å². The van der Waals surface area contributed by atoms with Gasteiger partial charge >= 0.3 is 0 Å². The van der Waals surface area contributed by atoms with Gasteiger partial charge in [0.25, 0.3) is 0 Å². The molecular weight excluding hydrogens is 156 g/mol. The van der Waals surface area contributed by atoms with Crippen molar-refractivity contribution in [3.8, 4) is 0 Å². The molecule has 2 rings (SSSR count). The van der Waals surface area contributed by atoms with Gasteiger partial charge in [-0.2, -0.15) is 0 Å². The molecule has 2 heterocycles. The average molecular weight is 172 g/mol. The lowest BCUT2D eigenvalue weighted by Gasteiger charge is -2.19. The number of nitrogens with one attached hydrogen (secondary N) is 2. The molecule has 12 heavy (non-hydrogen) atoms. The zero-order valence-electron chi connectivity index (χ0n) is 7.12. The fourth-order valence-corrected chi connectivity index (χ4v) is 1.80. The Morgan fingerprint density at radius 3 is 2.92 bits per heavy atom. The molecule has 2 aliphatic heterocycles. The van der Waals surface area contributed by atoms with Crippen LogP contribution in [-0.4, -0.2) is 49.6 Å². The molecule has 0 amide bonds. The van der Waals surface area contributed by atoms with E-state index in [2.05, 4.69) is 10.6 Å². The number of rotatable bonds is 2. The summed E-state index contributed by atoms with van der Waals surface area (Å²) in [6.07, 6.45) is 0.842. The van der Waals surface area contributed by atoms with Crippen molar-refractivity contribution in [2.45, 2.75) is 24.6 Å². The monoisotopic (exact) mass is 172 g/mol. The van der Waals surface area contributed by atoms with Crippen LogP contribution < -0.4 is 10.6 Å². The van der Waals surface area contributed by atoms with E-state index in [0.717, 1.165) is 26.2 Å². The summed E-state index contributed by atoms with van der Waals surface area (Å²) in [5, 5.41) is 16.0. The van der Waals surface area contributed by atoms with E-state index in [9.17, 15) is 5.11 Å². The third kappa shape index (κ3) is 1.77. The van der Waals surface area contributed by atoms with E-state index < -0.39 is 0 Å². The predicted molar refractivity (Wildman–Crippen MR) is 45.0 cm³/mol. The van der Waals surface area contributed by atoms with Gasteiger partial charge < -0.3 is 20.5 Å². The first-order chi connectivity index (χ1) is 5.86. The lowest BCUT2D eigenvalue weighted by molar-refractivity contribution is 0.148. The van der Waals surface area contributed by atoms with Crippen molar-refractivity contribution in [2.24, 2.45) is 0 Å². The van der Waals surface area contributed by atoms with Crippen molar-refractivity contribution in [2.75, 3.05) is 26.3 Å². The molecule has 1 unspecified atom stereocenters. The van der Waals surface area contributed by atoms with Crippen LogP contribution in [0.3, 0.4) is 0 Å². The van der Waals surface area contributed by atoms with E-state index in [1.807, 2.05) is 0 Å². The van der Waals surface area contributed by atoms with Crippen LogP contribution in [0.5, 0.6) is 0 Å². The molecule has 2 aliphatic rings. The zero-order valence-corrected chi connectivity index (χ0v) is 7.12. The van der Waals surface area contributed by atoms with E-state index in [1.165, 1.54) is 0 Å². The van der Waals surface area contributed by atoms with Gasteiger partial charge in [-0.1, -0.05) is 0 Å². The first-order valence-electron chi connectivity index (χ1n) is 4.59. The normalized spacial score (nSPS) is 42.2. The molecule has 0 aromatic rings. The predicted octanol–water partition coefficient (Wildman–Crippen LogP) is -1.30. The first-order valence-corrected chi connectivity index (χ1v) is 4.59. The van der Waals surface area contributed by atoms with Crippen molar-refractivity contribution in [1.82, 2.24) is 10.6 Å². The molecule has 0 aliphatic carbocycles. The maximum atomic E-state index is 9.48. The van der Waals surface area contributed by atoms with Crippen LogP contribution in [0.25, 0.3) is 0 Å². The summed E-state index contributed by atoms with van der Waals surface area (Å²) in [5.41, 5.74) is 0. The SMILES string of the molecule is O[C@@H]1CNC[C@H]1NC1CCOC1. The van der Waals surface area contributed by atoms with E-state index in [4.69, 9.17) is 4.74 Å². The number of aliphatic hydroxyl groups is 1. The molecule has 2 fully saturated rings. The molecule has 70 valence electrons. The van der Waals surface area contributed by atoms with Crippen LogP contribution in [0.4, 0.5) is 0 Å². The van der Waals surface area contributed by atoms with Gasteiger partial charge in [0.15, 0.2) is 0 Å². The zero-order chi connectivity index (χ0) is 8.39. The quantitative estimate of drug-likeness (QED) is 0.484. The summed E-state index contributed by atoms with van der Waals surface area (Å²) in [6.45, 7) is 3.24. The maximum Gasteiger partial charge on any atom is 0.0829 e. The van der Waals surface area contributed by atoms with Gasteiger partial charge in [0.1, 0.15) is 0 Å². The summed E-state index contributed by atoms with van der Waals surface area (Å²) in [7, 11) is 0. The molecule has 0 aromatic heterocycles. The highest BCUT2D eigenvalue weighted by atomic mass is 16.5. The Morgan fingerprint density at radius 1 is 1.42 bits per heavy atom. The summed E-state index contributed by atoms with van der Waals surface area (Å²) in [4.78, 5) is 0. The molecular formula is C8H16N2O2. The van der Waals surface area contributed by atoms with Gasteiger partial charge in [0.05, 0.1) is 12.7 Å². The Balaban J connectivity index is 1.77. The Kier molecular flexibility index (Phi) is 2.60. The molecule has 4 heteroatoms. The van der Waals surface area contributed by atoms with Crippen LogP contribution >= 0.6 is 0 Å². The van der Waals surface area contributed by atoms with Crippen molar-refractivity contribution in [3.05, 3.63) is 0 Å². The lowest BCUT2D eigenvalue weighted by Crippen LogP contribution is -2.45. The van der Waals surface area contributed by atoms with Crippen molar-refractivity contribution in [1.29, 1.82) is 0 Å². The second kappa shape index (κ2) is 3.70. The molecule has 2 saturated heterocycles. The third-order valence-electron chi connectivity index (χ3n) is 2.56. The van der Waals surface area contributed by atoms with Gasteiger partial charge in [-0.3, -0.25) is 0 Å². The largest absolute Gasteiger partial charge is 0.390 e. The second-order valence-electron chi connectivity index (χ2n) is 3.56. The van der Waals surface area contributed by atoms with Gasteiger partial charge in [-0.25, -0.2) is 0 Å². The topological polar surface area (TPSA) is 53.5 Å². The van der Waals surface area contributed by atoms with Crippen molar-refractivity contribution >= 4 is 0 Å². The molecule has 3 N–H and O–H groups in total. The summed E-state index contributed by atoms with van der Waals surface area (Å²) >= 11 is 0. The van der Waals surface area contributed by atoms with Gasteiger partial charge in [-0.15, -0.1) is 0 Å². The Bertz CT molecular complexity index is 148. The van der Waals surface area contributed by atoms with E-state index in [0.29, 0.717) is 12.6 Å². The van der Waals surface area contributed by atoms with Crippen molar-refractivity contribution in [3.63, 3.8) is 0 Å². The summed E-state index contributed by atoms with van der Waals surface area (Å²) < 4.78 is 5.24. The highest BCUT2D eigenvalue weighted by molar-refractivity contribution is 4.89. The minimum atomic E-state index is -0.231. The average Bonchev–Trinajstić information content (AvgIpc) is 2.65. The lowest BCUT2D eigenvalue weighted by atomic mass is 10.1. The van der Waals surface area contributed by atoms with Crippen LogP contribution in [-0.2, 0) is 4.74 Å². The molecule has 0 bridgehead atoms. The minimum absolute atomic E-state index is 0.219. The number of aliphatic hydroxyl groups excluding tert-OH is 1. The fraction of sp³-hybridized carbons (Fsp3) is 1.00. The number of hydrogen-bond acceptors (Lipinski definition) is 4. The first kappa shape index (κ1) is 8.44. The van der Waals surface area contributed by atoms with E-state index in [1.54, 1.807) is 0 Å². The number of hydrogen-bond donors (Lipinski definition) is 3. The highest BCUT2D eigenvalue weighted by Gasteiger charge is 2.28. The molecule has 3 atom stereocenters. The molecule has 0 radical (unpaired) electrons. The van der Waals surface area contributed by atoms with Crippen LogP contribution in [0.2, 0.25) is 0 Å².